The maximum Gasteiger partial charge on any atom is 0.326 e. The molecular weight excluding hydrogens is 434 g/mol. The number of carbonyl (C=O) groups excluding carboxylic acids is 3. The smallest absolute Gasteiger partial charge is 0.326 e. The quantitative estimate of drug-likeness (QED) is 0.0865. The van der Waals surface area contributed by atoms with E-state index in [9.17, 15) is 29.1 Å². The Balaban J connectivity index is 5.31. The Bertz CT molecular complexity index is 648. The molecule has 0 bridgehead atoms. The molecule has 0 fully saturated rings. The average molecular weight is 466 g/mol. The summed E-state index contributed by atoms with van der Waals surface area (Å²) in [4.78, 5) is 59.1. The molecule has 0 aromatic heterocycles. The molecular formula is C17H31N5O8S. The van der Waals surface area contributed by atoms with Gasteiger partial charge in [-0.15, -0.1) is 0 Å². The summed E-state index contributed by atoms with van der Waals surface area (Å²) >= 11 is 3.99. The molecule has 3 amide bonds. The summed E-state index contributed by atoms with van der Waals surface area (Å²) in [6.45, 7) is 1.62. The van der Waals surface area contributed by atoms with Crippen LogP contribution in [0.25, 0.3) is 0 Å². The monoisotopic (exact) mass is 465 g/mol. The summed E-state index contributed by atoms with van der Waals surface area (Å²) in [6, 6.07) is -5.38. The lowest BCUT2D eigenvalue weighted by molar-refractivity contribution is -0.147. The molecule has 0 aliphatic carbocycles. The van der Waals surface area contributed by atoms with Crippen molar-refractivity contribution in [3.63, 3.8) is 0 Å². The van der Waals surface area contributed by atoms with Crippen LogP contribution in [-0.2, 0) is 24.0 Å². The molecule has 10 N–H and O–H groups in total. The Morgan fingerprint density at radius 3 is 1.87 bits per heavy atom. The van der Waals surface area contributed by atoms with Crippen LogP contribution >= 0.6 is 12.6 Å². The van der Waals surface area contributed by atoms with Gasteiger partial charge in [-0.2, -0.15) is 12.6 Å². The molecule has 178 valence electrons. The molecule has 5 unspecified atom stereocenters. The number of hydrogen-bond acceptors (Lipinski definition) is 9. The van der Waals surface area contributed by atoms with Crippen LogP contribution in [0.3, 0.4) is 0 Å². The van der Waals surface area contributed by atoms with Crippen LogP contribution in [0, 0.1) is 0 Å². The summed E-state index contributed by atoms with van der Waals surface area (Å²) in [5.41, 5.74) is 10.9. The van der Waals surface area contributed by atoms with Crippen LogP contribution in [0.4, 0.5) is 0 Å². The summed E-state index contributed by atoms with van der Waals surface area (Å²) in [7, 11) is 0. The largest absolute Gasteiger partial charge is 0.481 e. The summed E-state index contributed by atoms with van der Waals surface area (Å²) < 4.78 is 0. The van der Waals surface area contributed by atoms with E-state index in [1.165, 1.54) is 6.92 Å². The third-order valence-electron chi connectivity index (χ3n) is 4.21. The first-order valence-electron chi connectivity index (χ1n) is 9.54. The first kappa shape index (κ1) is 28.6. The van der Waals surface area contributed by atoms with Gasteiger partial charge in [0.1, 0.15) is 24.2 Å². The number of aliphatic hydroxyl groups is 1. The van der Waals surface area contributed by atoms with Crippen molar-refractivity contribution in [3.8, 4) is 0 Å². The van der Waals surface area contributed by atoms with Crippen molar-refractivity contribution in [3.05, 3.63) is 0 Å². The van der Waals surface area contributed by atoms with Gasteiger partial charge in [0.05, 0.1) is 12.5 Å². The number of rotatable bonds is 15. The van der Waals surface area contributed by atoms with E-state index < -0.39 is 66.4 Å². The Labute approximate surface area is 184 Å². The molecule has 0 rings (SSSR count). The minimum absolute atomic E-state index is 0.0919. The molecule has 0 spiro atoms. The molecule has 0 saturated heterocycles. The van der Waals surface area contributed by atoms with Crippen molar-refractivity contribution in [1.29, 1.82) is 0 Å². The number of nitrogens with two attached hydrogens (primary N) is 2. The van der Waals surface area contributed by atoms with Crippen LogP contribution in [-0.4, -0.2) is 87.5 Å². The molecule has 14 heteroatoms. The lowest BCUT2D eigenvalue weighted by Crippen LogP contribution is -2.58. The van der Waals surface area contributed by atoms with E-state index in [1.807, 2.05) is 0 Å². The summed E-state index contributed by atoms with van der Waals surface area (Å²) in [5, 5.41) is 34.1. The highest BCUT2D eigenvalue weighted by Gasteiger charge is 2.31. The van der Waals surface area contributed by atoms with Gasteiger partial charge in [-0.25, -0.2) is 4.79 Å². The van der Waals surface area contributed by atoms with Crippen molar-refractivity contribution in [2.24, 2.45) is 11.5 Å². The fourth-order valence-corrected chi connectivity index (χ4v) is 2.62. The minimum Gasteiger partial charge on any atom is -0.481 e. The van der Waals surface area contributed by atoms with Gasteiger partial charge in [-0.05, 0) is 32.7 Å². The second-order valence-electron chi connectivity index (χ2n) is 6.85. The molecule has 0 aromatic rings. The standard InChI is InChI=1S/C17H31N5O8S/c1-8(23)13(19)16(28)22-11(7-31)15(27)20-9(4-2-3-5-18)14(26)21-10(17(29)30)6-12(24)25/h8-11,13,23,31H,2-7,18-19H2,1H3,(H,20,27)(H,21,26)(H,22,28)(H,24,25)(H,29,30). The van der Waals surface area contributed by atoms with E-state index in [-0.39, 0.29) is 12.2 Å². The number of carbonyl (C=O) groups is 5. The molecule has 0 saturated carbocycles. The van der Waals surface area contributed by atoms with Crippen LogP contribution in [0.5, 0.6) is 0 Å². The maximum absolute atomic E-state index is 12.6. The van der Waals surface area contributed by atoms with Gasteiger partial charge >= 0.3 is 11.9 Å². The number of amides is 3. The van der Waals surface area contributed by atoms with Crippen LogP contribution < -0.4 is 27.4 Å². The Morgan fingerprint density at radius 2 is 1.42 bits per heavy atom. The van der Waals surface area contributed by atoms with Gasteiger partial charge in [0, 0.05) is 5.75 Å². The molecule has 13 nitrogen and oxygen atoms in total. The average Bonchev–Trinajstić information content (AvgIpc) is 2.69. The third kappa shape index (κ3) is 11.0. The number of carboxylic acids is 2. The minimum atomic E-state index is -1.69. The van der Waals surface area contributed by atoms with E-state index in [2.05, 4.69) is 28.6 Å². The number of unbranched alkanes of at least 4 members (excludes halogenated alkanes) is 1. The SMILES string of the molecule is CC(O)C(N)C(=O)NC(CS)C(=O)NC(CCCCN)C(=O)NC(CC(=O)O)C(=O)O. The molecule has 0 aliphatic heterocycles. The van der Waals surface area contributed by atoms with E-state index in [1.54, 1.807) is 0 Å². The first-order chi connectivity index (χ1) is 14.4. The molecule has 0 radical (unpaired) electrons. The number of thiol groups is 1. The Morgan fingerprint density at radius 1 is 0.903 bits per heavy atom. The van der Waals surface area contributed by atoms with Crippen molar-refractivity contribution in [2.75, 3.05) is 12.3 Å². The van der Waals surface area contributed by atoms with Crippen LogP contribution in [0.15, 0.2) is 0 Å². The van der Waals surface area contributed by atoms with Gasteiger partial charge in [0.15, 0.2) is 0 Å². The van der Waals surface area contributed by atoms with Gasteiger partial charge < -0.3 is 42.7 Å². The fraction of sp³-hybridized carbons (Fsp3) is 0.706. The predicted octanol–water partition coefficient (Wildman–Crippen LogP) is -3.23. The fourth-order valence-electron chi connectivity index (χ4n) is 2.36. The van der Waals surface area contributed by atoms with Gasteiger partial charge in [-0.1, -0.05) is 0 Å². The number of aliphatic carboxylic acids is 2. The zero-order chi connectivity index (χ0) is 24.1. The van der Waals surface area contributed by atoms with E-state index in [4.69, 9.17) is 21.7 Å². The van der Waals surface area contributed by atoms with E-state index >= 15 is 0 Å². The highest BCUT2D eigenvalue weighted by Crippen LogP contribution is 2.04. The van der Waals surface area contributed by atoms with E-state index in [0.29, 0.717) is 19.4 Å². The van der Waals surface area contributed by atoms with Gasteiger partial charge in [0.2, 0.25) is 17.7 Å². The summed E-state index contributed by atoms with van der Waals surface area (Å²) in [6.07, 6.45) is -0.990. The zero-order valence-electron chi connectivity index (χ0n) is 17.1. The first-order valence-corrected chi connectivity index (χ1v) is 10.2. The number of nitrogens with one attached hydrogen (secondary N) is 3. The lowest BCUT2D eigenvalue weighted by atomic mass is 10.1. The van der Waals surface area contributed by atoms with Gasteiger partial charge in [-0.3, -0.25) is 19.2 Å². The number of aliphatic hydroxyl groups excluding tert-OH is 1. The van der Waals surface area contributed by atoms with Crippen molar-refractivity contribution < 1.29 is 39.3 Å². The third-order valence-corrected chi connectivity index (χ3v) is 4.58. The van der Waals surface area contributed by atoms with Crippen LogP contribution in [0.1, 0.15) is 32.6 Å². The maximum atomic E-state index is 12.6. The van der Waals surface area contributed by atoms with E-state index in [0.717, 1.165) is 0 Å². The molecule has 5 atom stereocenters. The lowest BCUT2D eigenvalue weighted by Gasteiger charge is -2.24. The second kappa shape index (κ2) is 14.6. The van der Waals surface area contributed by atoms with Gasteiger partial charge in [0.25, 0.3) is 0 Å². The molecule has 0 aliphatic rings. The predicted molar refractivity (Wildman–Crippen MR) is 112 cm³/mol. The zero-order valence-corrected chi connectivity index (χ0v) is 18.0. The normalized spacial score (nSPS) is 15.6. The molecule has 0 aromatic carbocycles. The highest BCUT2D eigenvalue weighted by molar-refractivity contribution is 7.80. The van der Waals surface area contributed by atoms with Crippen molar-refractivity contribution in [2.45, 2.75) is 62.9 Å². The summed E-state index contributed by atoms with van der Waals surface area (Å²) in [5.74, 6) is -5.62. The number of hydrogen-bond donors (Lipinski definition) is 9. The topological polar surface area (TPSA) is 234 Å². The molecule has 31 heavy (non-hydrogen) atoms. The van der Waals surface area contributed by atoms with Crippen LogP contribution in [0.2, 0.25) is 0 Å². The second-order valence-corrected chi connectivity index (χ2v) is 7.22. The van der Waals surface area contributed by atoms with Crippen molar-refractivity contribution >= 4 is 42.3 Å². The number of carboxylic acid groups (broad SMARTS) is 2. The molecule has 0 heterocycles. The highest BCUT2D eigenvalue weighted by atomic mass is 32.1. The Kier molecular flexibility index (Phi) is 13.4. The Hall–Kier alpha value is -2.42. The van der Waals surface area contributed by atoms with Crippen molar-refractivity contribution in [1.82, 2.24) is 16.0 Å².